The lowest BCUT2D eigenvalue weighted by Gasteiger charge is -2.05. The van der Waals surface area contributed by atoms with Crippen LogP contribution in [0.5, 0.6) is 0 Å². The Bertz CT molecular complexity index is 502. The van der Waals surface area contributed by atoms with E-state index in [0.717, 1.165) is 29.7 Å². The van der Waals surface area contributed by atoms with Crippen LogP contribution >= 0.6 is 27.3 Å². The fourth-order valence-electron chi connectivity index (χ4n) is 1.81. The van der Waals surface area contributed by atoms with Gasteiger partial charge in [0.15, 0.2) is 0 Å². The van der Waals surface area contributed by atoms with E-state index < -0.39 is 0 Å². The van der Waals surface area contributed by atoms with Gasteiger partial charge in [0.25, 0.3) is 0 Å². The summed E-state index contributed by atoms with van der Waals surface area (Å²) in [6.07, 6.45) is 1.12. The molecule has 0 spiro atoms. The third-order valence-corrected chi connectivity index (χ3v) is 4.36. The second-order valence-electron chi connectivity index (χ2n) is 4.22. The van der Waals surface area contributed by atoms with E-state index in [2.05, 4.69) is 46.4 Å². The number of anilines is 1. The van der Waals surface area contributed by atoms with Crippen molar-refractivity contribution in [3.8, 4) is 0 Å². The number of halogens is 1. The highest BCUT2D eigenvalue weighted by Gasteiger charge is 2.00. The molecule has 0 aliphatic carbocycles. The van der Waals surface area contributed by atoms with Crippen LogP contribution in [0.4, 0.5) is 5.69 Å². The Kier molecular flexibility index (Phi) is 4.80. The van der Waals surface area contributed by atoms with Crippen molar-refractivity contribution in [3.63, 3.8) is 0 Å². The average molecular weight is 325 g/mol. The summed E-state index contributed by atoms with van der Waals surface area (Å²) >= 11 is 5.33. The van der Waals surface area contributed by atoms with Crippen molar-refractivity contribution in [2.24, 2.45) is 0 Å². The van der Waals surface area contributed by atoms with Gasteiger partial charge in [-0.05, 0) is 42.3 Å². The van der Waals surface area contributed by atoms with E-state index in [-0.39, 0.29) is 0 Å². The normalized spacial score (nSPS) is 10.8. The molecule has 2 aromatic rings. The number of rotatable bonds is 5. The van der Waals surface area contributed by atoms with Crippen molar-refractivity contribution in [2.45, 2.75) is 26.4 Å². The fraction of sp³-hybridized carbons (Fsp3) is 0.286. The summed E-state index contributed by atoms with van der Waals surface area (Å²) in [5.41, 5.74) is 7.81. The van der Waals surface area contributed by atoms with Crippen LogP contribution in [-0.2, 0) is 19.5 Å². The number of hydrogen-bond acceptors (Lipinski definition) is 3. The van der Waals surface area contributed by atoms with Crippen LogP contribution in [0.1, 0.15) is 22.2 Å². The zero-order valence-corrected chi connectivity index (χ0v) is 12.8. The number of benzene rings is 1. The van der Waals surface area contributed by atoms with Gasteiger partial charge < -0.3 is 11.1 Å². The predicted octanol–water partition coefficient (Wildman–Crippen LogP) is 3.95. The van der Waals surface area contributed by atoms with Crippen molar-refractivity contribution in [1.29, 1.82) is 0 Å². The van der Waals surface area contributed by atoms with Crippen LogP contribution in [0.15, 0.2) is 34.8 Å². The lowest BCUT2D eigenvalue weighted by molar-refractivity contribution is 0.701. The topological polar surface area (TPSA) is 38.0 Å². The number of aryl methyl sites for hydroxylation is 1. The van der Waals surface area contributed by atoms with E-state index in [1.807, 2.05) is 23.5 Å². The van der Waals surface area contributed by atoms with Gasteiger partial charge in [-0.15, -0.1) is 11.3 Å². The Morgan fingerprint density at radius 2 is 1.94 bits per heavy atom. The first kappa shape index (κ1) is 13.6. The summed E-state index contributed by atoms with van der Waals surface area (Å²) in [5.74, 6) is 0. The molecular weight excluding hydrogens is 308 g/mol. The maximum atomic E-state index is 5.81. The summed E-state index contributed by atoms with van der Waals surface area (Å²) in [7, 11) is 0. The predicted molar refractivity (Wildman–Crippen MR) is 82.8 cm³/mol. The van der Waals surface area contributed by atoms with Gasteiger partial charge in [0.05, 0.1) is 0 Å². The first-order valence-corrected chi connectivity index (χ1v) is 7.61. The standard InChI is InChI=1S/C14H17BrN2S/c1-2-13-3-4-14(18-13)9-17-8-10-5-11(15)7-12(16)6-10/h3-7,17H,2,8-9,16H2,1H3. The lowest BCUT2D eigenvalue weighted by Crippen LogP contribution is -2.11. The summed E-state index contributed by atoms with van der Waals surface area (Å²) in [6, 6.07) is 10.4. The van der Waals surface area contributed by atoms with Crippen LogP contribution in [0, 0.1) is 0 Å². The zero-order valence-electron chi connectivity index (χ0n) is 10.4. The minimum Gasteiger partial charge on any atom is -0.399 e. The lowest BCUT2D eigenvalue weighted by atomic mass is 10.2. The molecule has 4 heteroatoms. The molecule has 0 atom stereocenters. The van der Waals surface area contributed by atoms with Crippen LogP contribution in [-0.4, -0.2) is 0 Å². The molecule has 0 bridgehead atoms. The number of nitrogens with one attached hydrogen (secondary N) is 1. The quantitative estimate of drug-likeness (QED) is 0.817. The Balaban J connectivity index is 1.88. The maximum absolute atomic E-state index is 5.81. The van der Waals surface area contributed by atoms with Crippen molar-refractivity contribution >= 4 is 33.0 Å². The van der Waals surface area contributed by atoms with E-state index in [1.54, 1.807) is 0 Å². The minimum absolute atomic E-state index is 0.797. The molecule has 3 N–H and O–H groups in total. The molecule has 2 rings (SSSR count). The molecule has 96 valence electrons. The summed E-state index contributed by atoms with van der Waals surface area (Å²) in [4.78, 5) is 2.83. The van der Waals surface area contributed by atoms with E-state index in [9.17, 15) is 0 Å². The second kappa shape index (κ2) is 6.36. The Labute approximate surface area is 120 Å². The minimum atomic E-state index is 0.797. The van der Waals surface area contributed by atoms with Gasteiger partial charge in [-0.25, -0.2) is 0 Å². The van der Waals surface area contributed by atoms with Gasteiger partial charge in [-0.3, -0.25) is 0 Å². The third-order valence-electron chi connectivity index (χ3n) is 2.67. The smallest absolute Gasteiger partial charge is 0.0328 e. The fourth-order valence-corrected chi connectivity index (χ4v) is 3.30. The molecule has 0 radical (unpaired) electrons. The van der Waals surface area contributed by atoms with Crippen LogP contribution in [0.2, 0.25) is 0 Å². The second-order valence-corrected chi connectivity index (χ2v) is 6.39. The van der Waals surface area contributed by atoms with Gasteiger partial charge in [0.1, 0.15) is 0 Å². The van der Waals surface area contributed by atoms with E-state index in [1.165, 1.54) is 15.3 Å². The SMILES string of the molecule is CCc1ccc(CNCc2cc(N)cc(Br)c2)s1. The Hall–Kier alpha value is -0.840. The van der Waals surface area contributed by atoms with Crippen molar-refractivity contribution in [2.75, 3.05) is 5.73 Å². The third kappa shape index (κ3) is 3.83. The molecule has 0 saturated heterocycles. The highest BCUT2D eigenvalue weighted by atomic mass is 79.9. The monoisotopic (exact) mass is 324 g/mol. The first-order valence-electron chi connectivity index (χ1n) is 6.00. The molecule has 0 aliphatic heterocycles. The molecule has 0 aliphatic rings. The van der Waals surface area contributed by atoms with E-state index in [0.29, 0.717) is 0 Å². The maximum Gasteiger partial charge on any atom is 0.0328 e. The van der Waals surface area contributed by atoms with Crippen molar-refractivity contribution in [3.05, 3.63) is 50.1 Å². The van der Waals surface area contributed by atoms with Gasteiger partial charge in [-0.1, -0.05) is 22.9 Å². The molecular formula is C14H17BrN2S. The summed E-state index contributed by atoms with van der Waals surface area (Å²) in [5, 5.41) is 3.44. The molecule has 0 saturated carbocycles. The van der Waals surface area contributed by atoms with Gasteiger partial charge >= 0.3 is 0 Å². The number of nitrogens with two attached hydrogens (primary N) is 1. The molecule has 18 heavy (non-hydrogen) atoms. The summed E-state index contributed by atoms with van der Waals surface area (Å²) in [6.45, 7) is 3.94. The Morgan fingerprint density at radius 1 is 1.17 bits per heavy atom. The zero-order chi connectivity index (χ0) is 13.0. The van der Waals surface area contributed by atoms with Gasteiger partial charge in [0.2, 0.25) is 0 Å². The van der Waals surface area contributed by atoms with Crippen molar-refractivity contribution < 1.29 is 0 Å². The Morgan fingerprint density at radius 3 is 2.61 bits per heavy atom. The highest BCUT2D eigenvalue weighted by molar-refractivity contribution is 9.10. The van der Waals surface area contributed by atoms with Gasteiger partial charge in [-0.2, -0.15) is 0 Å². The van der Waals surface area contributed by atoms with Crippen LogP contribution in [0.3, 0.4) is 0 Å². The molecule has 0 unspecified atom stereocenters. The molecule has 1 aromatic carbocycles. The molecule has 0 amide bonds. The highest BCUT2D eigenvalue weighted by Crippen LogP contribution is 2.18. The number of hydrogen-bond donors (Lipinski definition) is 2. The summed E-state index contributed by atoms with van der Waals surface area (Å²) < 4.78 is 1.03. The largest absolute Gasteiger partial charge is 0.399 e. The average Bonchev–Trinajstić information content (AvgIpc) is 2.76. The van der Waals surface area contributed by atoms with E-state index >= 15 is 0 Å². The van der Waals surface area contributed by atoms with Gasteiger partial charge in [0, 0.05) is 33.0 Å². The van der Waals surface area contributed by atoms with Crippen molar-refractivity contribution in [1.82, 2.24) is 5.32 Å². The number of thiophene rings is 1. The molecule has 0 fully saturated rings. The first-order chi connectivity index (χ1) is 8.67. The molecule has 1 aromatic heterocycles. The number of nitrogen functional groups attached to an aromatic ring is 1. The van der Waals surface area contributed by atoms with Crippen LogP contribution in [0.25, 0.3) is 0 Å². The van der Waals surface area contributed by atoms with E-state index in [4.69, 9.17) is 5.73 Å². The van der Waals surface area contributed by atoms with Crippen LogP contribution < -0.4 is 11.1 Å². The molecule has 1 heterocycles. The molecule has 2 nitrogen and oxygen atoms in total.